The van der Waals surface area contributed by atoms with Crippen LogP contribution in [-0.2, 0) is 14.4 Å². The molecule has 0 saturated heterocycles. The van der Waals surface area contributed by atoms with Crippen LogP contribution in [-0.4, -0.2) is 36.2 Å². The summed E-state index contributed by atoms with van der Waals surface area (Å²) in [5, 5.41) is 19.9. The van der Waals surface area contributed by atoms with Crippen molar-refractivity contribution in [3.8, 4) is 0 Å². The highest BCUT2D eigenvalue weighted by atomic mass is 16.6. The van der Waals surface area contributed by atoms with Crippen molar-refractivity contribution in [2.45, 2.75) is 6.92 Å². The fourth-order valence-corrected chi connectivity index (χ4v) is 3.78. The Bertz CT molecular complexity index is 1380. The van der Waals surface area contributed by atoms with Crippen LogP contribution in [0.1, 0.15) is 18.1 Å². The molecule has 3 amide bonds. The van der Waals surface area contributed by atoms with Crippen molar-refractivity contribution >= 4 is 51.7 Å². The lowest BCUT2D eigenvalue weighted by molar-refractivity contribution is -0.384. The van der Waals surface area contributed by atoms with Gasteiger partial charge in [-0.15, -0.1) is 0 Å². The molecule has 4 rings (SSSR count). The molecule has 182 valence electrons. The first-order valence-corrected chi connectivity index (χ1v) is 11.0. The largest absolute Gasteiger partial charge is 0.354 e. The van der Waals surface area contributed by atoms with Crippen LogP contribution in [0.5, 0.6) is 0 Å². The van der Waals surface area contributed by atoms with Gasteiger partial charge in [0.2, 0.25) is 11.8 Å². The Labute approximate surface area is 206 Å². The maximum atomic E-state index is 13.0. The first-order chi connectivity index (χ1) is 17.2. The van der Waals surface area contributed by atoms with E-state index in [2.05, 4.69) is 16.0 Å². The Hall–Kier alpha value is -4.99. The van der Waals surface area contributed by atoms with Gasteiger partial charge in [-0.1, -0.05) is 30.3 Å². The second kappa shape index (κ2) is 10.1. The van der Waals surface area contributed by atoms with Crippen molar-refractivity contribution in [3.05, 3.63) is 94.0 Å². The molecular formula is C26H23N5O5. The molecule has 10 nitrogen and oxygen atoms in total. The maximum absolute atomic E-state index is 13.0. The molecule has 0 aromatic heterocycles. The Balaban J connectivity index is 1.70. The van der Waals surface area contributed by atoms with Gasteiger partial charge in [0.1, 0.15) is 0 Å². The standard InChI is InChI=1S/C26H23N5O5/c1-16(32)27-15-23(33)30(2)19-10-8-18(9-11-19)28-25(17-6-4-3-5-7-17)24-21-14-20(31(35)36)12-13-22(21)29-26(24)34/h3-14,28H,15H2,1-2H3,(H,27,32)(H,29,34). The molecule has 0 aliphatic carbocycles. The fraction of sp³-hybridized carbons (Fsp3) is 0.115. The number of fused-ring (bicyclic) bond motifs is 1. The van der Waals surface area contributed by atoms with E-state index in [0.717, 1.165) is 0 Å². The average Bonchev–Trinajstić information content (AvgIpc) is 3.20. The van der Waals surface area contributed by atoms with Gasteiger partial charge in [0, 0.05) is 48.7 Å². The molecule has 1 heterocycles. The molecule has 3 aromatic rings. The summed E-state index contributed by atoms with van der Waals surface area (Å²) in [5.74, 6) is -0.948. The molecule has 36 heavy (non-hydrogen) atoms. The van der Waals surface area contributed by atoms with Crippen LogP contribution in [0.3, 0.4) is 0 Å². The monoisotopic (exact) mass is 485 g/mol. The molecule has 1 aliphatic heterocycles. The number of anilines is 3. The number of nitro groups is 1. The predicted molar refractivity (Wildman–Crippen MR) is 137 cm³/mol. The van der Waals surface area contributed by atoms with E-state index >= 15 is 0 Å². The predicted octanol–water partition coefficient (Wildman–Crippen LogP) is 3.63. The zero-order valence-electron chi connectivity index (χ0n) is 19.6. The minimum Gasteiger partial charge on any atom is -0.354 e. The number of benzene rings is 3. The molecule has 0 atom stereocenters. The zero-order chi connectivity index (χ0) is 25.8. The number of nitrogens with one attached hydrogen (secondary N) is 3. The van der Waals surface area contributed by atoms with E-state index in [0.29, 0.717) is 33.9 Å². The van der Waals surface area contributed by atoms with Gasteiger partial charge in [0.15, 0.2) is 0 Å². The number of likely N-dealkylation sites (N-methyl/N-ethyl adjacent to an activating group) is 1. The Morgan fingerprint density at radius 2 is 1.72 bits per heavy atom. The second-order valence-corrected chi connectivity index (χ2v) is 8.09. The smallest absolute Gasteiger partial charge is 0.270 e. The molecule has 0 radical (unpaired) electrons. The van der Waals surface area contributed by atoms with Crippen molar-refractivity contribution in [3.63, 3.8) is 0 Å². The van der Waals surface area contributed by atoms with Crippen LogP contribution in [0.4, 0.5) is 22.7 Å². The summed E-state index contributed by atoms with van der Waals surface area (Å²) >= 11 is 0. The summed E-state index contributed by atoms with van der Waals surface area (Å²) < 4.78 is 0. The third kappa shape index (κ3) is 5.07. The van der Waals surface area contributed by atoms with Gasteiger partial charge < -0.3 is 20.9 Å². The van der Waals surface area contributed by atoms with Crippen molar-refractivity contribution in [1.29, 1.82) is 0 Å². The van der Waals surface area contributed by atoms with E-state index < -0.39 is 4.92 Å². The Morgan fingerprint density at radius 3 is 2.36 bits per heavy atom. The first kappa shape index (κ1) is 24.1. The zero-order valence-corrected chi connectivity index (χ0v) is 19.6. The number of hydrogen-bond acceptors (Lipinski definition) is 6. The number of rotatable bonds is 7. The highest BCUT2D eigenvalue weighted by molar-refractivity contribution is 6.37. The lowest BCUT2D eigenvalue weighted by atomic mass is 9.99. The van der Waals surface area contributed by atoms with Gasteiger partial charge in [-0.3, -0.25) is 24.5 Å². The number of hydrogen-bond donors (Lipinski definition) is 3. The highest BCUT2D eigenvalue weighted by Gasteiger charge is 2.30. The summed E-state index contributed by atoms with van der Waals surface area (Å²) in [5.41, 5.74) is 3.54. The fourth-order valence-electron chi connectivity index (χ4n) is 3.78. The van der Waals surface area contributed by atoms with E-state index in [9.17, 15) is 24.5 Å². The maximum Gasteiger partial charge on any atom is 0.270 e. The van der Waals surface area contributed by atoms with Gasteiger partial charge in [0.05, 0.1) is 22.7 Å². The van der Waals surface area contributed by atoms with Crippen molar-refractivity contribution in [2.24, 2.45) is 0 Å². The van der Waals surface area contributed by atoms with Crippen molar-refractivity contribution < 1.29 is 19.3 Å². The van der Waals surface area contributed by atoms with Crippen LogP contribution in [0.15, 0.2) is 72.8 Å². The van der Waals surface area contributed by atoms with Gasteiger partial charge in [0.25, 0.3) is 11.6 Å². The van der Waals surface area contributed by atoms with Crippen LogP contribution in [0.2, 0.25) is 0 Å². The van der Waals surface area contributed by atoms with E-state index in [4.69, 9.17) is 0 Å². The van der Waals surface area contributed by atoms with Crippen LogP contribution >= 0.6 is 0 Å². The number of amides is 3. The third-order valence-electron chi connectivity index (χ3n) is 5.66. The SMILES string of the molecule is CC(=O)NCC(=O)N(C)c1ccc(NC(=C2C(=O)Nc3ccc([N+](=O)[O-])cc32)c2ccccc2)cc1. The van der Waals surface area contributed by atoms with Gasteiger partial charge in [-0.2, -0.15) is 0 Å². The molecule has 0 spiro atoms. The summed E-state index contributed by atoms with van der Waals surface area (Å²) in [6.07, 6.45) is 0. The summed E-state index contributed by atoms with van der Waals surface area (Å²) in [6.45, 7) is 1.23. The lowest BCUT2D eigenvalue weighted by Crippen LogP contribution is -2.37. The molecular weight excluding hydrogens is 462 g/mol. The van der Waals surface area contributed by atoms with Gasteiger partial charge >= 0.3 is 0 Å². The Morgan fingerprint density at radius 1 is 1.03 bits per heavy atom. The molecule has 3 N–H and O–H groups in total. The number of nitro benzene ring substituents is 1. The number of carbonyl (C=O) groups excluding carboxylic acids is 3. The molecule has 1 aliphatic rings. The topological polar surface area (TPSA) is 134 Å². The van der Waals surface area contributed by atoms with Crippen LogP contribution in [0, 0.1) is 10.1 Å². The summed E-state index contributed by atoms with van der Waals surface area (Å²) in [6, 6.07) is 20.4. The Kier molecular flexibility index (Phi) is 6.77. The quantitative estimate of drug-likeness (QED) is 0.266. The highest BCUT2D eigenvalue weighted by Crippen LogP contribution is 2.39. The van der Waals surface area contributed by atoms with Crippen LogP contribution < -0.4 is 20.9 Å². The number of carbonyl (C=O) groups is 3. The van der Waals surface area contributed by atoms with Crippen LogP contribution in [0.25, 0.3) is 11.3 Å². The van der Waals surface area contributed by atoms with Gasteiger partial charge in [-0.25, -0.2) is 0 Å². The molecule has 0 bridgehead atoms. The second-order valence-electron chi connectivity index (χ2n) is 8.09. The molecule has 10 heteroatoms. The first-order valence-electron chi connectivity index (χ1n) is 11.0. The third-order valence-corrected chi connectivity index (χ3v) is 5.66. The normalized spacial score (nSPS) is 13.3. The van der Waals surface area contributed by atoms with Crippen molar-refractivity contribution in [1.82, 2.24) is 5.32 Å². The van der Waals surface area contributed by atoms with E-state index in [-0.39, 0.29) is 35.5 Å². The number of nitrogens with zero attached hydrogens (tertiary/aromatic N) is 2. The van der Waals surface area contributed by atoms with Gasteiger partial charge in [-0.05, 0) is 35.9 Å². The molecule has 3 aromatic carbocycles. The van der Waals surface area contributed by atoms with E-state index in [1.165, 1.54) is 30.0 Å². The minimum atomic E-state index is -0.501. The average molecular weight is 486 g/mol. The lowest BCUT2D eigenvalue weighted by Gasteiger charge is -2.19. The molecule has 0 fully saturated rings. The summed E-state index contributed by atoms with van der Waals surface area (Å²) in [7, 11) is 1.61. The van der Waals surface area contributed by atoms with E-state index in [1.807, 2.05) is 30.3 Å². The molecule has 0 unspecified atom stereocenters. The number of non-ortho nitro benzene ring substituents is 1. The minimum absolute atomic E-state index is 0.114. The summed E-state index contributed by atoms with van der Waals surface area (Å²) in [4.78, 5) is 48.6. The van der Waals surface area contributed by atoms with E-state index in [1.54, 1.807) is 31.3 Å². The molecule has 0 saturated carbocycles. The van der Waals surface area contributed by atoms with Crippen molar-refractivity contribution in [2.75, 3.05) is 29.1 Å².